The zero-order valence-electron chi connectivity index (χ0n) is 29.3. The number of anilines is 3. The summed E-state index contributed by atoms with van der Waals surface area (Å²) in [5.74, 6) is 1.73. The van der Waals surface area contributed by atoms with Crippen molar-refractivity contribution in [3.05, 3.63) is 179 Å². The highest BCUT2D eigenvalue weighted by Gasteiger charge is 2.53. The highest BCUT2D eigenvalue weighted by Crippen LogP contribution is 2.64. The van der Waals surface area contributed by atoms with Crippen molar-refractivity contribution < 1.29 is 5.11 Å². The first-order valence-corrected chi connectivity index (χ1v) is 17.9. The Kier molecular flexibility index (Phi) is 7.18. The normalized spacial score (nSPS) is 13.3. The van der Waals surface area contributed by atoms with Gasteiger partial charge in [-0.25, -0.2) is 4.98 Å². The maximum Gasteiger partial charge on any atom is 0.138 e. The van der Waals surface area contributed by atoms with Gasteiger partial charge in [0.1, 0.15) is 11.6 Å². The number of nitrogens with zero attached hydrogens (tertiary/aromatic N) is 3. The van der Waals surface area contributed by atoms with Crippen LogP contribution in [0.15, 0.2) is 146 Å². The van der Waals surface area contributed by atoms with E-state index in [1.807, 2.05) is 30.5 Å². The topological polar surface area (TPSA) is 49.2 Å². The number of aromatic hydroxyl groups is 1. The average Bonchev–Trinajstić information content (AvgIpc) is 3.63. The largest absolute Gasteiger partial charge is 0.507 e. The molecule has 0 atom stereocenters. The van der Waals surface area contributed by atoms with Crippen molar-refractivity contribution in [3.63, 3.8) is 0 Å². The predicted molar refractivity (Wildman–Crippen MR) is 208 cm³/mol. The Bertz CT molecular complexity index is 2390. The number of phenols is 1. The van der Waals surface area contributed by atoms with Crippen LogP contribution < -0.4 is 4.90 Å². The van der Waals surface area contributed by atoms with Gasteiger partial charge < -0.3 is 5.11 Å². The fraction of sp³-hybridized carbons (Fsp3) is 0.149. The fourth-order valence-electron chi connectivity index (χ4n) is 8.33. The van der Waals surface area contributed by atoms with E-state index in [0.29, 0.717) is 11.8 Å². The molecule has 2 heterocycles. The molecule has 2 aromatic heterocycles. The summed E-state index contributed by atoms with van der Waals surface area (Å²) in [6.45, 7) is 9.00. The molecular formula is C47H39N3O. The lowest BCUT2D eigenvalue weighted by Gasteiger charge is -2.31. The van der Waals surface area contributed by atoms with E-state index < -0.39 is 5.41 Å². The summed E-state index contributed by atoms with van der Waals surface area (Å²) in [7, 11) is 0. The van der Waals surface area contributed by atoms with Crippen LogP contribution >= 0.6 is 0 Å². The Labute approximate surface area is 299 Å². The third kappa shape index (κ3) is 4.66. The van der Waals surface area contributed by atoms with Gasteiger partial charge in [0.05, 0.1) is 16.8 Å². The van der Waals surface area contributed by atoms with Crippen LogP contribution in [0.3, 0.4) is 0 Å². The second kappa shape index (κ2) is 11.8. The molecule has 7 aromatic rings. The van der Waals surface area contributed by atoms with E-state index in [1.54, 1.807) is 6.07 Å². The Balaban J connectivity index is 1.32. The predicted octanol–water partition coefficient (Wildman–Crippen LogP) is 11.9. The Morgan fingerprint density at radius 3 is 1.88 bits per heavy atom. The van der Waals surface area contributed by atoms with Crippen molar-refractivity contribution in [2.45, 2.75) is 44.9 Å². The Morgan fingerprint density at radius 2 is 1.22 bits per heavy atom. The summed E-state index contributed by atoms with van der Waals surface area (Å²) in [4.78, 5) is 12.5. The Hall–Kier alpha value is -6.00. The molecule has 1 spiro atoms. The van der Waals surface area contributed by atoms with E-state index in [0.717, 1.165) is 50.8 Å². The molecule has 4 heteroatoms. The van der Waals surface area contributed by atoms with Gasteiger partial charge in [0.15, 0.2) is 0 Å². The van der Waals surface area contributed by atoms with E-state index in [-0.39, 0.29) is 5.75 Å². The van der Waals surface area contributed by atoms with Crippen LogP contribution in [0, 0.1) is 0 Å². The van der Waals surface area contributed by atoms with Crippen LogP contribution in [0.25, 0.3) is 33.6 Å². The molecule has 1 N–H and O–H groups in total. The van der Waals surface area contributed by atoms with Gasteiger partial charge in [-0.2, -0.15) is 0 Å². The number of fused-ring (bicyclic) bond motifs is 10. The smallest absolute Gasteiger partial charge is 0.138 e. The van der Waals surface area contributed by atoms with Crippen LogP contribution in [0.4, 0.5) is 17.2 Å². The average molecular weight is 662 g/mol. The minimum Gasteiger partial charge on any atom is -0.507 e. The van der Waals surface area contributed by atoms with Crippen molar-refractivity contribution >= 4 is 17.2 Å². The third-order valence-corrected chi connectivity index (χ3v) is 10.8. The quantitative estimate of drug-likeness (QED) is 0.193. The molecule has 0 saturated heterocycles. The zero-order chi connectivity index (χ0) is 34.9. The van der Waals surface area contributed by atoms with Gasteiger partial charge in [-0.05, 0) is 105 Å². The summed E-state index contributed by atoms with van der Waals surface area (Å²) in [6, 6.07) is 49.2. The van der Waals surface area contributed by atoms with E-state index in [4.69, 9.17) is 4.98 Å². The number of rotatable bonds is 6. The SMILES string of the molecule is CC(C)c1cc(C(C)C)cc(N(c2cccc(-c3ccccn3)c2)c2ccc3c(n2)-c2c(O)cccc2C32c3ccccc3-c3ccccc32)c1. The molecule has 51 heavy (non-hydrogen) atoms. The lowest BCUT2D eigenvalue weighted by molar-refractivity contribution is 0.476. The molecule has 5 aromatic carbocycles. The first-order valence-electron chi connectivity index (χ1n) is 17.9. The molecule has 2 aliphatic rings. The molecule has 0 aliphatic heterocycles. The molecule has 0 radical (unpaired) electrons. The van der Waals surface area contributed by atoms with Gasteiger partial charge in [0.25, 0.3) is 0 Å². The van der Waals surface area contributed by atoms with Crippen molar-refractivity contribution in [1.29, 1.82) is 0 Å². The third-order valence-electron chi connectivity index (χ3n) is 10.8. The summed E-state index contributed by atoms with van der Waals surface area (Å²) in [5.41, 5.74) is 14.6. The van der Waals surface area contributed by atoms with Crippen LogP contribution in [0.1, 0.15) is 72.9 Å². The molecule has 0 saturated carbocycles. The number of hydrogen-bond acceptors (Lipinski definition) is 4. The number of benzene rings is 5. The van der Waals surface area contributed by atoms with Crippen LogP contribution in [-0.2, 0) is 5.41 Å². The molecule has 0 unspecified atom stereocenters. The molecule has 0 amide bonds. The minimum atomic E-state index is -0.589. The van der Waals surface area contributed by atoms with Crippen molar-refractivity contribution in [1.82, 2.24) is 9.97 Å². The number of aromatic nitrogens is 2. The second-order valence-electron chi connectivity index (χ2n) is 14.4. The molecule has 9 rings (SSSR count). The molecule has 0 fully saturated rings. The van der Waals surface area contributed by atoms with E-state index in [9.17, 15) is 5.11 Å². The monoisotopic (exact) mass is 661 g/mol. The van der Waals surface area contributed by atoms with Crippen molar-refractivity contribution in [3.8, 4) is 39.4 Å². The number of hydrogen-bond donors (Lipinski definition) is 1. The van der Waals surface area contributed by atoms with Gasteiger partial charge in [-0.1, -0.05) is 119 Å². The minimum absolute atomic E-state index is 0.240. The van der Waals surface area contributed by atoms with Gasteiger partial charge in [0, 0.05) is 28.7 Å². The van der Waals surface area contributed by atoms with Crippen LogP contribution in [-0.4, -0.2) is 15.1 Å². The van der Waals surface area contributed by atoms with Crippen molar-refractivity contribution in [2.24, 2.45) is 0 Å². The maximum absolute atomic E-state index is 11.7. The van der Waals surface area contributed by atoms with E-state index >= 15 is 0 Å². The lowest BCUT2D eigenvalue weighted by atomic mass is 9.71. The lowest BCUT2D eigenvalue weighted by Crippen LogP contribution is -2.26. The Morgan fingerprint density at radius 1 is 0.569 bits per heavy atom. The van der Waals surface area contributed by atoms with Gasteiger partial charge in [-0.15, -0.1) is 0 Å². The van der Waals surface area contributed by atoms with Crippen molar-refractivity contribution in [2.75, 3.05) is 4.90 Å². The van der Waals surface area contributed by atoms with Gasteiger partial charge in [-0.3, -0.25) is 9.88 Å². The van der Waals surface area contributed by atoms with E-state index in [1.165, 1.54) is 33.4 Å². The molecule has 0 bridgehead atoms. The standard InChI is InChI=1S/C47H39N3O/c1-29(2)32-25-33(30(3)4)28-35(27-32)50(34-14-11-13-31(26-34)42-20-9-10-24-48-42)44-23-22-41-46(49-44)45-40(19-12-21-43(45)51)47(41)38-17-7-5-15-36(38)37-16-6-8-18-39(37)47/h5-30,51H,1-4H3. The molecule has 2 aliphatic carbocycles. The number of phenolic OH excluding ortho intramolecular Hbond substituents is 1. The summed E-state index contributed by atoms with van der Waals surface area (Å²) in [6.07, 6.45) is 1.84. The van der Waals surface area contributed by atoms with Gasteiger partial charge >= 0.3 is 0 Å². The van der Waals surface area contributed by atoms with Gasteiger partial charge in [0.2, 0.25) is 0 Å². The maximum atomic E-state index is 11.7. The van der Waals surface area contributed by atoms with Crippen LogP contribution in [0.5, 0.6) is 5.75 Å². The molecule has 4 nitrogen and oxygen atoms in total. The zero-order valence-corrected chi connectivity index (χ0v) is 29.3. The summed E-state index contributed by atoms with van der Waals surface area (Å²) >= 11 is 0. The molecular weight excluding hydrogens is 623 g/mol. The highest BCUT2D eigenvalue weighted by molar-refractivity contribution is 5.96. The van der Waals surface area contributed by atoms with E-state index in [2.05, 4.69) is 147 Å². The highest BCUT2D eigenvalue weighted by atomic mass is 16.3. The first kappa shape index (κ1) is 31.0. The second-order valence-corrected chi connectivity index (χ2v) is 14.4. The van der Waals surface area contributed by atoms with Crippen LogP contribution in [0.2, 0.25) is 0 Å². The number of pyridine rings is 2. The summed E-state index contributed by atoms with van der Waals surface area (Å²) < 4.78 is 0. The fourth-order valence-corrected chi connectivity index (χ4v) is 8.33. The summed E-state index contributed by atoms with van der Waals surface area (Å²) in [5, 5.41) is 11.7. The molecule has 248 valence electrons. The first-order chi connectivity index (χ1) is 24.9.